The van der Waals surface area contributed by atoms with Crippen LogP contribution in [-0.4, -0.2) is 71.5 Å². The molecule has 2 fully saturated rings. The molecule has 0 saturated carbocycles. The third-order valence-electron chi connectivity index (χ3n) is 6.35. The number of rotatable bonds is 5. The third-order valence-corrected chi connectivity index (χ3v) is 6.35. The van der Waals surface area contributed by atoms with Crippen molar-refractivity contribution in [1.82, 2.24) is 19.8 Å². The first-order valence-corrected chi connectivity index (χ1v) is 10.4. The quantitative estimate of drug-likeness (QED) is 0.726. The number of ether oxygens (including phenoxy) is 1. The number of hydrogen-bond donors (Lipinski definition) is 0. The minimum atomic E-state index is 0.0521. The fourth-order valence-corrected chi connectivity index (χ4v) is 4.58. The predicted octanol–water partition coefficient (Wildman–Crippen LogP) is 2.51. The molecule has 2 saturated heterocycles. The Bertz CT molecular complexity index is 893. The van der Waals surface area contributed by atoms with Crippen molar-refractivity contribution in [3.05, 3.63) is 36.2 Å². The van der Waals surface area contributed by atoms with Crippen LogP contribution in [0.15, 0.2) is 30.6 Å². The van der Waals surface area contributed by atoms with E-state index in [1.54, 1.807) is 19.5 Å². The number of fused-ring (bicyclic) bond motifs is 1. The molecule has 0 unspecified atom stereocenters. The molecule has 1 aromatic heterocycles. The van der Waals surface area contributed by atoms with Gasteiger partial charge in [-0.1, -0.05) is 0 Å². The van der Waals surface area contributed by atoms with Crippen molar-refractivity contribution in [1.29, 1.82) is 0 Å². The third kappa shape index (κ3) is 4.24. The van der Waals surface area contributed by atoms with Gasteiger partial charge in [-0.25, -0.2) is 0 Å². The number of aromatic nitrogens is 2. The molecule has 2 aliphatic heterocycles. The van der Waals surface area contributed by atoms with E-state index >= 15 is 0 Å². The minimum absolute atomic E-state index is 0.0521. The molecule has 0 atom stereocenters. The lowest BCUT2D eigenvalue weighted by Crippen LogP contribution is -2.52. The molecule has 7 nitrogen and oxygen atoms in total. The van der Waals surface area contributed by atoms with E-state index in [4.69, 9.17) is 4.74 Å². The van der Waals surface area contributed by atoms with Crippen LogP contribution < -0.4 is 0 Å². The molecule has 7 heteroatoms. The standard InChI is InChI=1S/C22H28N4O3/c1-29-14-2-11-26-16-22(6-5-20(26)27)7-12-25(13-8-22)21(28)17-3-4-18-19(15-17)24-10-9-23-18/h3-4,9-10,15H,2,5-8,11-14,16H2,1H3. The van der Waals surface area contributed by atoms with Gasteiger partial charge in [0.2, 0.25) is 5.91 Å². The maximum absolute atomic E-state index is 13.0. The molecule has 0 aliphatic carbocycles. The highest BCUT2D eigenvalue weighted by atomic mass is 16.5. The summed E-state index contributed by atoms with van der Waals surface area (Å²) < 4.78 is 5.12. The van der Waals surface area contributed by atoms with Crippen LogP contribution in [0.1, 0.15) is 42.5 Å². The van der Waals surface area contributed by atoms with Crippen LogP contribution in [0, 0.1) is 5.41 Å². The van der Waals surface area contributed by atoms with Crippen molar-refractivity contribution in [3.8, 4) is 0 Å². The van der Waals surface area contributed by atoms with E-state index < -0.39 is 0 Å². The second kappa shape index (κ2) is 8.45. The first kappa shape index (κ1) is 19.8. The van der Waals surface area contributed by atoms with Gasteiger partial charge in [0.1, 0.15) is 0 Å². The first-order valence-electron chi connectivity index (χ1n) is 10.4. The first-order chi connectivity index (χ1) is 14.1. The van der Waals surface area contributed by atoms with Crippen LogP contribution in [-0.2, 0) is 9.53 Å². The van der Waals surface area contributed by atoms with Crippen molar-refractivity contribution < 1.29 is 14.3 Å². The summed E-state index contributed by atoms with van der Waals surface area (Å²) in [5.74, 6) is 0.304. The summed E-state index contributed by atoms with van der Waals surface area (Å²) in [7, 11) is 1.69. The highest BCUT2D eigenvalue weighted by Gasteiger charge is 2.41. The normalized spacial score (nSPS) is 19.1. The maximum atomic E-state index is 13.0. The summed E-state index contributed by atoms with van der Waals surface area (Å²) in [6.07, 6.45) is 7.60. The maximum Gasteiger partial charge on any atom is 0.253 e. The number of likely N-dealkylation sites (tertiary alicyclic amines) is 2. The summed E-state index contributed by atoms with van der Waals surface area (Å²) >= 11 is 0. The highest BCUT2D eigenvalue weighted by Crippen LogP contribution is 2.40. The topological polar surface area (TPSA) is 75.6 Å². The van der Waals surface area contributed by atoms with Gasteiger partial charge in [-0.3, -0.25) is 19.6 Å². The van der Waals surface area contributed by atoms with Crippen LogP contribution in [0.2, 0.25) is 0 Å². The molecule has 2 amide bonds. The highest BCUT2D eigenvalue weighted by molar-refractivity contribution is 5.97. The zero-order valence-electron chi connectivity index (χ0n) is 17.0. The minimum Gasteiger partial charge on any atom is -0.385 e. The molecule has 2 aromatic rings. The molecule has 4 rings (SSSR count). The van der Waals surface area contributed by atoms with Gasteiger partial charge in [-0.2, -0.15) is 0 Å². The van der Waals surface area contributed by atoms with Crippen LogP contribution in [0.3, 0.4) is 0 Å². The molecule has 1 spiro atoms. The zero-order valence-corrected chi connectivity index (χ0v) is 17.0. The van der Waals surface area contributed by atoms with E-state index in [-0.39, 0.29) is 17.2 Å². The molecule has 3 heterocycles. The van der Waals surface area contributed by atoms with Gasteiger partial charge in [0, 0.05) is 64.3 Å². The lowest BCUT2D eigenvalue weighted by Gasteiger charge is -2.47. The van der Waals surface area contributed by atoms with Crippen LogP contribution in [0.4, 0.5) is 0 Å². The molecule has 0 bridgehead atoms. The van der Waals surface area contributed by atoms with Crippen molar-refractivity contribution >= 4 is 22.8 Å². The van der Waals surface area contributed by atoms with Gasteiger partial charge in [0.25, 0.3) is 5.91 Å². The number of methoxy groups -OCH3 is 1. The van der Waals surface area contributed by atoms with Gasteiger partial charge in [0.15, 0.2) is 0 Å². The van der Waals surface area contributed by atoms with E-state index in [0.717, 1.165) is 62.9 Å². The summed E-state index contributed by atoms with van der Waals surface area (Å²) in [6, 6.07) is 5.51. The number of carbonyl (C=O) groups excluding carboxylic acids is 2. The Balaban J connectivity index is 1.39. The number of nitrogens with zero attached hydrogens (tertiary/aromatic N) is 4. The second-order valence-electron chi connectivity index (χ2n) is 8.21. The lowest BCUT2D eigenvalue weighted by atomic mass is 9.72. The number of amides is 2. The molecule has 1 aromatic carbocycles. The lowest BCUT2D eigenvalue weighted by molar-refractivity contribution is -0.139. The van der Waals surface area contributed by atoms with E-state index in [1.807, 2.05) is 28.0 Å². The largest absolute Gasteiger partial charge is 0.385 e. The molecule has 0 N–H and O–H groups in total. The summed E-state index contributed by atoms with van der Waals surface area (Å²) in [6.45, 7) is 3.71. The average molecular weight is 396 g/mol. The molecule has 2 aliphatic rings. The van der Waals surface area contributed by atoms with E-state index in [0.29, 0.717) is 18.6 Å². The SMILES string of the molecule is COCCCN1CC2(CCC1=O)CCN(C(=O)c1ccc3nccnc3c1)CC2. The Morgan fingerprint density at radius 1 is 1.14 bits per heavy atom. The van der Waals surface area contributed by atoms with Gasteiger partial charge >= 0.3 is 0 Å². The summed E-state index contributed by atoms with van der Waals surface area (Å²) in [4.78, 5) is 37.8. The number of piperidine rings is 2. The van der Waals surface area contributed by atoms with Gasteiger partial charge in [-0.05, 0) is 49.3 Å². The zero-order chi connectivity index (χ0) is 20.3. The summed E-state index contributed by atoms with van der Waals surface area (Å²) in [5.41, 5.74) is 2.34. The molecule has 29 heavy (non-hydrogen) atoms. The fourth-order valence-electron chi connectivity index (χ4n) is 4.58. The smallest absolute Gasteiger partial charge is 0.253 e. The fraction of sp³-hybridized carbons (Fsp3) is 0.545. The molecular formula is C22H28N4O3. The molecular weight excluding hydrogens is 368 g/mol. The Morgan fingerprint density at radius 3 is 2.66 bits per heavy atom. The predicted molar refractivity (Wildman–Crippen MR) is 109 cm³/mol. The van der Waals surface area contributed by atoms with Gasteiger partial charge < -0.3 is 14.5 Å². The van der Waals surface area contributed by atoms with Crippen molar-refractivity contribution in [2.75, 3.05) is 39.9 Å². The van der Waals surface area contributed by atoms with Crippen LogP contribution in [0.25, 0.3) is 11.0 Å². The molecule has 154 valence electrons. The van der Waals surface area contributed by atoms with Crippen LogP contribution >= 0.6 is 0 Å². The van der Waals surface area contributed by atoms with Crippen molar-refractivity contribution in [2.45, 2.75) is 32.1 Å². The van der Waals surface area contributed by atoms with Crippen molar-refractivity contribution in [3.63, 3.8) is 0 Å². The monoisotopic (exact) mass is 396 g/mol. The second-order valence-corrected chi connectivity index (χ2v) is 8.21. The van der Waals surface area contributed by atoms with Gasteiger partial charge in [0.05, 0.1) is 11.0 Å². The van der Waals surface area contributed by atoms with E-state index in [9.17, 15) is 9.59 Å². The Hall–Kier alpha value is -2.54. The molecule has 0 radical (unpaired) electrons. The number of benzene rings is 1. The van der Waals surface area contributed by atoms with Gasteiger partial charge in [-0.15, -0.1) is 0 Å². The summed E-state index contributed by atoms with van der Waals surface area (Å²) in [5, 5.41) is 0. The Labute approximate surface area is 171 Å². The average Bonchev–Trinajstić information content (AvgIpc) is 2.76. The Morgan fingerprint density at radius 2 is 1.90 bits per heavy atom. The van der Waals surface area contributed by atoms with Crippen molar-refractivity contribution in [2.24, 2.45) is 5.41 Å². The van der Waals surface area contributed by atoms with E-state index in [1.165, 1.54) is 0 Å². The number of carbonyl (C=O) groups is 2. The number of hydrogen-bond acceptors (Lipinski definition) is 5. The van der Waals surface area contributed by atoms with Crippen LogP contribution in [0.5, 0.6) is 0 Å². The van der Waals surface area contributed by atoms with E-state index in [2.05, 4.69) is 9.97 Å². The Kier molecular flexibility index (Phi) is 5.76.